The van der Waals surface area contributed by atoms with Gasteiger partial charge in [0.25, 0.3) is 0 Å². The Bertz CT molecular complexity index is 749. The van der Waals surface area contributed by atoms with Gasteiger partial charge >= 0.3 is 0 Å². The number of hydrogen-bond acceptors (Lipinski definition) is 5. The average molecular weight is 394 g/mol. The predicted octanol–water partition coefficient (Wildman–Crippen LogP) is 3.49. The number of rotatable bonds is 10. The molecular formula is C20H24ClNO5. The van der Waals surface area contributed by atoms with Crippen LogP contribution in [0.5, 0.6) is 23.0 Å². The number of hydrogen-bond donors (Lipinski definition) is 1. The van der Waals surface area contributed by atoms with E-state index >= 15 is 0 Å². The molecule has 0 fully saturated rings. The second kappa shape index (κ2) is 10.5. The van der Waals surface area contributed by atoms with E-state index in [1.165, 1.54) is 0 Å². The SMILES string of the molecule is COc1ccc(CCC(=O)NCCOc2ccc(Cl)cc2)c(OC)c1OC. The molecule has 0 aromatic heterocycles. The fourth-order valence-electron chi connectivity index (χ4n) is 2.59. The van der Waals surface area contributed by atoms with Crippen molar-refractivity contribution in [1.29, 1.82) is 0 Å². The molecule has 1 amide bonds. The van der Waals surface area contributed by atoms with Crippen molar-refractivity contribution in [3.63, 3.8) is 0 Å². The van der Waals surface area contributed by atoms with Gasteiger partial charge in [0.2, 0.25) is 11.7 Å². The largest absolute Gasteiger partial charge is 0.493 e. The molecule has 0 aliphatic carbocycles. The Morgan fingerprint density at radius 3 is 2.30 bits per heavy atom. The van der Waals surface area contributed by atoms with Crippen molar-refractivity contribution >= 4 is 17.5 Å². The van der Waals surface area contributed by atoms with Crippen LogP contribution >= 0.6 is 11.6 Å². The number of carbonyl (C=O) groups excluding carboxylic acids is 1. The first kappa shape index (κ1) is 20.7. The topological polar surface area (TPSA) is 66.0 Å². The van der Waals surface area contributed by atoms with Crippen molar-refractivity contribution in [3.05, 3.63) is 47.0 Å². The van der Waals surface area contributed by atoms with E-state index < -0.39 is 0 Å². The molecule has 0 radical (unpaired) electrons. The molecule has 2 aromatic rings. The third-order valence-electron chi connectivity index (χ3n) is 3.91. The van der Waals surface area contributed by atoms with Gasteiger partial charge in [-0.15, -0.1) is 0 Å². The molecule has 0 heterocycles. The highest BCUT2D eigenvalue weighted by atomic mass is 35.5. The molecule has 1 N–H and O–H groups in total. The summed E-state index contributed by atoms with van der Waals surface area (Å²) >= 11 is 5.82. The van der Waals surface area contributed by atoms with Crippen LogP contribution in [0.25, 0.3) is 0 Å². The van der Waals surface area contributed by atoms with E-state index in [4.69, 9.17) is 30.5 Å². The number of halogens is 1. The van der Waals surface area contributed by atoms with E-state index in [1.807, 2.05) is 6.07 Å². The van der Waals surface area contributed by atoms with Gasteiger partial charge in [0.05, 0.1) is 27.9 Å². The minimum absolute atomic E-state index is 0.0634. The van der Waals surface area contributed by atoms with Crippen molar-refractivity contribution in [1.82, 2.24) is 5.32 Å². The summed E-state index contributed by atoms with van der Waals surface area (Å²) in [7, 11) is 4.68. The van der Waals surface area contributed by atoms with Crippen LogP contribution in [-0.4, -0.2) is 40.4 Å². The second-order valence-electron chi connectivity index (χ2n) is 5.65. The normalized spacial score (nSPS) is 10.2. The third-order valence-corrected chi connectivity index (χ3v) is 4.17. The van der Waals surface area contributed by atoms with Gasteiger partial charge in [-0.3, -0.25) is 4.79 Å². The van der Waals surface area contributed by atoms with Crippen LogP contribution < -0.4 is 24.3 Å². The molecule has 0 spiro atoms. The summed E-state index contributed by atoms with van der Waals surface area (Å²) in [6.45, 7) is 0.803. The Hall–Kier alpha value is -2.60. The Balaban J connectivity index is 1.80. The van der Waals surface area contributed by atoms with Crippen molar-refractivity contribution in [2.75, 3.05) is 34.5 Å². The second-order valence-corrected chi connectivity index (χ2v) is 6.08. The molecule has 2 aromatic carbocycles. The molecule has 146 valence electrons. The minimum atomic E-state index is -0.0634. The lowest BCUT2D eigenvalue weighted by Crippen LogP contribution is -2.28. The van der Waals surface area contributed by atoms with E-state index in [1.54, 1.807) is 51.7 Å². The number of nitrogens with one attached hydrogen (secondary N) is 1. The number of methoxy groups -OCH3 is 3. The molecule has 0 aliphatic heterocycles. The maximum Gasteiger partial charge on any atom is 0.220 e. The van der Waals surface area contributed by atoms with E-state index in [2.05, 4.69) is 5.32 Å². The van der Waals surface area contributed by atoms with Gasteiger partial charge in [-0.1, -0.05) is 17.7 Å². The van der Waals surface area contributed by atoms with E-state index in [9.17, 15) is 4.79 Å². The third kappa shape index (κ3) is 5.96. The maximum atomic E-state index is 12.1. The summed E-state index contributed by atoms with van der Waals surface area (Å²) in [6, 6.07) is 10.8. The van der Waals surface area contributed by atoms with Crippen LogP contribution in [-0.2, 0) is 11.2 Å². The molecule has 0 saturated heterocycles. The van der Waals surface area contributed by atoms with E-state index in [0.29, 0.717) is 54.0 Å². The fourth-order valence-corrected chi connectivity index (χ4v) is 2.71. The van der Waals surface area contributed by atoms with Gasteiger partial charge in [0.15, 0.2) is 11.5 Å². The predicted molar refractivity (Wildman–Crippen MR) is 104 cm³/mol. The highest BCUT2D eigenvalue weighted by Gasteiger charge is 2.16. The Kier molecular flexibility index (Phi) is 8.07. The molecule has 0 atom stereocenters. The maximum absolute atomic E-state index is 12.1. The van der Waals surface area contributed by atoms with Gasteiger partial charge < -0.3 is 24.3 Å². The molecule has 6 nitrogen and oxygen atoms in total. The lowest BCUT2D eigenvalue weighted by Gasteiger charge is -2.15. The van der Waals surface area contributed by atoms with Crippen molar-refractivity contribution < 1.29 is 23.7 Å². The van der Waals surface area contributed by atoms with E-state index in [-0.39, 0.29) is 5.91 Å². The Morgan fingerprint density at radius 2 is 1.67 bits per heavy atom. The van der Waals surface area contributed by atoms with Crippen LogP contribution in [0.15, 0.2) is 36.4 Å². The Labute approximate surface area is 164 Å². The van der Waals surface area contributed by atoms with Crippen LogP contribution in [0.4, 0.5) is 0 Å². The molecule has 2 rings (SSSR count). The summed E-state index contributed by atoms with van der Waals surface area (Å²) in [4.78, 5) is 12.1. The molecule has 0 bridgehead atoms. The van der Waals surface area contributed by atoms with Gasteiger partial charge in [-0.25, -0.2) is 0 Å². The molecular weight excluding hydrogens is 370 g/mol. The highest BCUT2D eigenvalue weighted by Crippen LogP contribution is 2.40. The Morgan fingerprint density at radius 1 is 0.963 bits per heavy atom. The van der Waals surface area contributed by atoms with Crippen molar-refractivity contribution in [2.24, 2.45) is 0 Å². The number of carbonyl (C=O) groups is 1. The van der Waals surface area contributed by atoms with Gasteiger partial charge in [0, 0.05) is 11.4 Å². The van der Waals surface area contributed by atoms with Gasteiger partial charge in [-0.05, 0) is 42.3 Å². The monoisotopic (exact) mass is 393 g/mol. The van der Waals surface area contributed by atoms with E-state index in [0.717, 1.165) is 5.56 Å². The van der Waals surface area contributed by atoms with Crippen LogP contribution in [0, 0.1) is 0 Å². The van der Waals surface area contributed by atoms with Crippen molar-refractivity contribution in [2.45, 2.75) is 12.8 Å². The summed E-state index contributed by atoms with van der Waals surface area (Å²) in [5.74, 6) is 2.34. The average Bonchev–Trinajstić information content (AvgIpc) is 2.69. The van der Waals surface area contributed by atoms with Gasteiger partial charge in [0.1, 0.15) is 12.4 Å². The molecule has 0 aliphatic rings. The fraction of sp³-hybridized carbons (Fsp3) is 0.350. The zero-order chi connectivity index (χ0) is 19.6. The lowest BCUT2D eigenvalue weighted by molar-refractivity contribution is -0.121. The van der Waals surface area contributed by atoms with Crippen LogP contribution in [0.3, 0.4) is 0 Å². The minimum Gasteiger partial charge on any atom is -0.493 e. The zero-order valence-corrected chi connectivity index (χ0v) is 16.5. The smallest absolute Gasteiger partial charge is 0.220 e. The highest BCUT2D eigenvalue weighted by molar-refractivity contribution is 6.30. The molecule has 0 unspecified atom stereocenters. The number of amides is 1. The number of aryl methyl sites for hydroxylation is 1. The first-order chi connectivity index (χ1) is 13.1. The van der Waals surface area contributed by atoms with Crippen molar-refractivity contribution in [3.8, 4) is 23.0 Å². The first-order valence-electron chi connectivity index (χ1n) is 8.52. The zero-order valence-electron chi connectivity index (χ0n) is 15.7. The molecule has 27 heavy (non-hydrogen) atoms. The summed E-state index contributed by atoms with van der Waals surface area (Å²) in [5, 5.41) is 3.49. The summed E-state index contributed by atoms with van der Waals surface area (Å²) < 4.78 is 21.6. The molecule has 7 heteroatoms. The lowest BCUT2D eigenvalue weighted by atomic mass is 10.1. The number of benzene rings is 2. The van der Waals surface area contributed by atoms with Crippen LogP contribution in [0.2, 0.25) is 5.02 Å². The molecule has 0 saturated carbocycles. The first-order valence-corrected chi connectivity index (χ1v) is 8.89. The summed E-state index contributed by atoms with van der Waals surface area (Å²) in [6.07, 6.45) is 0.847. The van der Waals surface area contributed by atoms with Gasteiger partial charge in [-0.2, -0.15) is 0 Å². The van der Waals surface area contributed by atoms with Crippen LogP contribution in [0.1, 0.15) is 12.0 Å². The standard InChI is InChI=1S/C20H24ClNO5/c1-24-17-10-4-14(19(25-2)20(17)26-3)5-11-18(23)22-12-13-27-16-8-6-15(21)7-9-16/h4,6-10H,5,11-13H2,1-3H3,(H,22,23). The quantitative estimate of drug-likeness (QED) is 0.626. The summed E-state index contributed by atoms with van der Waals surface area (Å²) in [5.41, 5.74) is 0.878. The number of ether oxygens (including phenoxy) is 4.